The number of benzene rings is 1. The van der Waals surface area contributed by atoms with Crippen molar-refractivity contribution in [2.45, 2.75) is 44.9 Å². The number of aryl methyl sites for hydroxylation is 2. The Balaban J connectivity index is 1.86. The van der Waals surface area contributed by atoms with E-state index in [0.29, 0.717) is 4.88 Å². The molecular weight excluding hydrogens is 351 g/mol. The van der Waals surface area contributed by atoms with Gasteiger partial charge in [-0.2, -0.15) is 13.2 Å². The SMILES string of the molecule is Cc1ccc2sc(C(=O)N3CCCC(O)(C(F)(F)F)CC3)c(C)c2c1. The number of carbonyl (C=O) groups is 1. The molecule has 1 aliphatic heterocycles. The van der Waals surface area contributed by atoms with Gasteiger partial charge in [0.15, 0.2) is 5.60 Å². The van der Waals surface area contributed by atoms with E-state index in [0.717, 1.165) is 21.2 Å². The number of likely N-dealkylation sites (tertiary alicyclic amines) is 1. The molecule has 1 aromatic carbocycles. The Bertz CT molecular complexity index is 814. The first-order valence-corrected chi connectivity index (χ1v) is 9.02. The number of thiophene rings is 1. The summed E-state index contributed by atoms with van der Waals surface area (Å²) in [5.41, 5.74) is -0.740. The second-order valence-electron chi connectivity index (χ2n) is 6.73. The third-order valence-corrected chi connectivity index (χ3v) is 6.18. The van der Waals surface area contributed by atoms with E-state index in [1.165, 1.54) is 16.2 Å². The van der Waals surface area contributed by atoms with Crippen LogP contribution in [0.15, 0.2) is 18.2 Å². The van der Waals surface area contributed by atoms with Crippen LogP contribution in [0.3, 0.4) is 0 Å². The van der Waals surface area contributed by atoms with Crippen molar-refractivity contribution in [2.75, 3.05) is 13.1 Å². The Labute approximate surface area is 148 Å². The Hall–Kier alpha value is -1.60. The molecular formula is C18H20F3NO2S. The fourth-order valence-corrected chi connectivity index (χ4v) is 4.45. The van der Waals surface area contributed by atoms with Gasteiger partial charge in [-0.3, -0.25) is 4.79 Å². The van der Waals surface area contributed by atoms with Crippen LogP contribution in [0.4, 0.5) is 13.2 Å². The van der Waals surface area contributed by atoms with Gasteiger partial charge in [-0.15, -0.1) is 11.3 Å². The normalized spacial score (nSPS) is 22.2. The second kappa shape index (κ2) is 6.29. The zero-order valence-corrected chi connectivity index (χ0v) is 14.9. The van der Waals surface area contributed by atoms with Gasteiger partial charge in [0.1, 0.15) is 0 Å². The van der Waals surface area contributed by atoms with Gasteiger partial charge in [0.25, 0.3) is 5.91 Å². The summed E-state index contributed by atoms with van der Waals surface area (Å²) in [4.78, 5) is 14.9. The predicted molar refractivity (Wildman–Crippen MR) is 92.1 cm³/mol. The predicted octanol–water partition coefficient (Wildman–Crippen LogP) is 4.44. The number of rotatable bonds is 1. The standard InChI is InChI=1S/C18H20F3NO2S/c1-11-4-5-14-13(10-11)12(2)15(25-14)16(23)22-8-3-6-17(24,7-9-22)18(19,20)21/h4-5,10,24H,3,6-9H2,1-2H3. The maximum absolute atomic E-state index is 13.0. The molecule has 1 unspecified atom stereocenters. The van der Waals surface area contributed by atoms with Gasteiger partial charge in [0, 0.05) is 24.2 Å². The van der Waals surface area contributed by atoms with Gasteiger partial charge in [-0.1, -0.05) is 17.7 Å². The quantitative estimate of drug-likeness (QED) is 0.805. The van der Waals surface area contributed by atoms with Crippen LogP contribution in [0.5, 0.6) is 0 Å². The molecule has 1 saturated heterocycles. The van der Waals surface area contributed by atoms with Crippen molar-refractivity contribution in [2.24, 2.45) is 0 Å². The minimum Gasteiger partial charge on any atom is -0.380 e. The number of fused-ring (bicyclic) bond motifs is 1. The first kappa shape index (κ1) is 18.2. The highest BCUT2D eigenvalue weighted by Crippen LogP contribution is 2.39. The lowest BCUT2D eigenvalue weighted by atomic mass is 9.94. The Morgan fingerprint density at radius 2 is 1.96 bits per heavy atom. The number of hydrogen-bond acceptors (Lipinski definition) is 3. The molecule has 136 valence electrons. The average Bonchev–Trinajstić information content (AvgIpc) is 2.72. The molecule has 2 aromatic rings. The van der Waals surface area contributed by atoms with E-state index in [4.69, 9.17) is 0 Å². The number of aliphatic hydroxyl groups is 1. The smallest absolute Gasteiger partial charge is 0.380 e. The molecule has 1 N–H and O–H groups in total. The summed E-state index contributed by atoms with van der Waals surface area (Å²) in [6.07, 6.45) is -5.39. The van der Waals surface area contributed by atoms with Crippen molar-refractivity contribution in [1.82, 2.24) is 4.90 Å². The first-order valence-electron chi connectivity index (χ1n) is 8.20. The van der Waals surface area contributed by atoms with Gasteiger partial charge < -0.3 is 10.0 Å². The van der Waals surface area contributed by atoms with Crippen molar-refractivity contribution >= 4 is 27.3 Å². The number of nitrogens with zero attached hydrogens (tertiary/aromatic N) is 1. The summed E-state index contributed by atoms with van der Waals surface area (Å²) in [5, 5.41) is 10.9. The van der Waals surface area contributed by atoms with Gasteiger partial charge in [0.05, 0.1) is 4.88 Å². The monoisotopic (exact) mass is 371 g/mol. The molecule has 0 aliphatic carbocycles. The number of carbonyl (C=O) groups excluding carboxylic acids is 1. The Morgan fingerprint density at radius 1 is 1.24 bits per heavy atom. The van der Waals surface area contributed by atoms with Crippen LogP contribution in [0.2, 0.25) is 0 Å². The van der Waals surface area contributed by atoms with E-state index in [9.17, 15) is 23.1 Å². The fourth-order valence-electron chi connectivity index (χ4n) is 3.29. The minimum absolute atomic E-state index is 0.0957. The van der Waals surface area contributed by atoms with Crippen molar-refractivity contribution in [3.8, 4) is 0 Å². The van der Waals surface area contributed by atoms with Gasteiger partial charge in [-0.25, -0.2) is 0 Å². The minimum atomic E-state index is -4.67. The van der Waals surface area contributed by atoms with Crippen molar-refractivity contribution < 1.29 is 23.1 Å². The Kier molecular flexibility index (Phi) is 4.58. The molecule has 1 aliphatic rings. The van der Waals surface area contributed by atoms with E-state index < -0.39 is 18.2 Å². The van der Waals surface area contributed by atoms with Crippen LogP contribution in [0.1, 0.15) is 40.1 Å². The van der Waals surface area contributed by atoms with E-state index in [1.807, 2.05) is 32.0 Å². The molecule has 0 bridgehead atoms. The van der Waals surface area contributed by atoms with Crippen LogP contribution in [-0.4, -0.2) is 40.8 Å². The lowest BCUT2D eigenvalue weighted by Crippen LogP contribution is -2.46. The van der Waals surface area contributed by atoms with Gasteiger partial charge in [-0.05, 0) is 43.7 Å². The van der Waals surface area contributed by atoms with Crippen molar-refractivity contribution in [3.05, 3.63) is 34.2 Å². The molecule has 1 fully saturated rings. The highest BCUT2D eigenvalue weighted by Gasteiger charge is 2.53. The zero-order valence-electron chi connectivity index (χ0n) is 14.1. The van der Waals surface area contributed by atoms with E-state index in [-0.39, 0.29) is 31.8 Å². The lowest BCUT2D eigenvalue weighted by molar-refractivity contribution is -0.263. The fraction of sp³-hybridized carbons (Fsp3) is 0.500. The molecule has 0 radical (unpaired) electrons. The van der Waals surface area contributed by atoms with Crippen molar-refractivity contribution in [3.63, 3.8) is 0 Å². The van der Waals surface area contributed by atoms with E-state index in [1.54, 1.807) is 0 Å². The third-order valence-electron chi connectivity index (χ3n) is 4.91. The molecule has 3 nitrogen and oxygen atoms in total. The molecule has 1 atom stereocenters. The molecule has 0 saturated carbocycles. The lowest BCUT2D eigenvalue weighted by Gasteiger charge is -2.29. The molecule has 2 heterocycles. The first-order chi connectivity index (χ1) is 11.6. The highest BCUT2D eigenvalue weighted by molar-refractivity contribution is 7.21. The summed E-state index contributed by atoms with van der Waals surface area (Å²) in [5.74, 6) is -0.247. The molecule has 7 heteroatoms. The van der Waals surface area contributed by atoms with Crippen LogP contribution >= 0.6 is 11.3 Å². The summed E-state index contributed by atoms with van der Waals surface area (Å²) in [6.45, 7) is 3.98. The number of halogens is 3. The largest absolute Gasteiger partial charge is 0.417 e. The maximum Gasteiger partial charge on any atom is 0.417 e. The molecule has 1 aromatic heterocycles. The third kappa shape index (κ3) is 3.27. The molecule has 0 spiro atoms. The molecule has 3 rings (SSSR count). The topological polar surface area (TPSA) is 40.5 Å². The average molecular weight is 371 g/mol. The summed E-state index contributed by atoms with van der Waals surface area (Å²) >= 11 is 1.37. The van der Waals surface area contributed by atoms with Crippen LogP contribution in [-0.2, 0) is 0 Å². The summed E-state index contributed by atoms with van der Waals surface area (Å²) in [7, 11) is 0. The zero-order chi connectivity index (χ0) is 18.4. The number of amides is 1. The van der Waals surface area contributed by atoms with Gasteiger partial charge in [0.2, 0.25) is 0 Å². The summed E-state index contributed by atoms with van der Waals surface area (Å²) < 4.78 is 40.1. The van der Waals surface area contributed by atoms with Crippen LogP contribution in [0.25, 0.3) is 10.1 Å². The summed E-state index contributed by atoms with van der Waals surface area (Å²) in [6, 6.07) is 5.95. The maximum atomic E-state index is 13.0. The second-order valence-corrected chi connectivity index (χ2v) is 7.78. The highest BCUT2D eigenvalue weighted by atomic mass is 32.1. The number of hydrogen-bond donors (Lipinski definition) is 1. The van der Waals surface area contributed by atoms with E-state index in [2.05, 4.69) is 0 Å². The van der Waals surface area contributed by atoms with Gasteiger partial charge >= 0.3 is 6.18 Å². The molecule has 1 amide bonds. The Morgan fingerprint density at radius 3 is 2.64 bits per heavy atom. The number of alkyl halides is 3. The van der Waals surface area contributed by atoms with Crippen molar-refractivity contribution in [1.29, 1.82) is 0 Å². The van der Waals surface area contributed by atoms with Crippen LogP contribution < -0.4 is 0 Å². The van der Waals surface area contributed by atoms with Crippen LogP contribution in [0, 0.1) is 13.8 Å². The van der Waals surface area contributed by atoms with E-state index >= 15 is 0 Å². The molecule has 25 heavy (non-hydrogen) atoms.